The summed E-state index contributed by atoms with van der Waals surface area (Å²) in [6.45, 7) is 2.96. The molecule has 0 aliphatic carbocycles. The molecule has 0 aromatic heterocycles. The Kier molecular flexibility index (Phi) is 6.10. The molecule has 0 bridgehead atoms. The van der Waals surface area contributed by atoms with Crippen molar-refractivity contribution in [3.05, 3.63) is 29.3 Å². The summed E-state index contributed by atoms with van der Waals surface area (Å²) >= 11 is 0. The molecular weight excluding hydrogens is 217 g/mol. The molecule has 1 N–H and O–H groups in total. The first-order chi connectivity index (χ1) is 7.75. The SMILES string of the molecule is Cc1cccc(P)c1CCCCCNC=O. The van der Waals surface area contributed by atoms with Crippen molar-refractivity contribution in [3.8, 4) is 0 Å². The number of hydrogen-bond donors (Lipinski definition) is 1. The Morgan fingerprint density at radius 2 is 2.12 bits per heavy atom. The maximum absolute atomic E-state index is 10.0. The zero-order valence-corrected chi connectivity index (χ0v) is 11.0. The summed E-state index contributed by atoms with van der Waals surface area (Å²) in [4.78, 5) is 10.0. The van der Waals surface area contributed by atoms with Gasteiger partial charge in [-0.3, -0.25) is 4.79 Å². The zero-order chi connectivity index (χ0) is 11.8. The first kappa shape index (κ1) is 13.2. The van der Waals surface area contributed by atoms with Crippen LogP contribution in [0.1, 0.15) is 30.4 Å². The van der Waals surface area contributed by atoms with Crippen LogP contribution in [-0.2, 0) is 11.2 Å². The lowest BCUT2D eigenvalue weighted by Crippen LogP contribution is -2.12. The van der Waals surface area contributed by atoms with E-state index in [9.17, 15) is 4.79 Å². The molecule has 1 aromatic carbocycles. The highest BCUT2D eigenvalue weighted by atomic mass is 31.0. The average Bonchev–Trinajstić information content (AvgIpc) is 2.26. The summed E-state index contributed by atoms with van der Waals surface area (Å²) in [6.07, 6.45) is 5.32. The van der Waals surface area contributed by atoms with Crippen molar-refractivity contribution < 1.29 is 4.79 Å². The summed E-state index contributed by atoms with van der Waals surface area (Å²) < 4.78 is 0. The van der Waals surface area contributed by atoms with Gasteiger partial charge in [-0.1, -0.05) is 24.6 Å². The molecular formula is C13H20NOP. The van der Waals surface area contributed by atoms with Gasteiger partial charge in [0.05, 0.1) is 0 Å². The number of rotatable bonds is 7. The summed E-state index contributed by atoms with van der Waals surface area (Å²) in [5.74, 6) is 0. The molecule has 1 atom stereocenters. The van der Waals surface area contributed by atoms with Crippen molar-refractivity contribution in [1.82, 2.24) is 5.32 Å². The van der Waals surface area contributed by atoms with E-state index in [0.29, 0.717) is 0 Å². The van der Waals surface area contributed by atoms with Crippen molar-refractivity contribution in [2.75, 3.05) is 6.54 Å². The molecule has 0 saturated carbocycles. The third kappa shape index (κ3) is 4.32. The molecule has 3 heteroatoms. The first-order valence-corrected chi connectivity index (χ1v) is 6.34. The normalized spacial score (nSPS) is 10.1. The van der Waals surface area contributed by atoms with Gasteiger partial charge in [-0.25, -0.2) is 0 Å². The number of amides is 1. The van der Waals surface area contributed by atoms with Gasteiger partial charge in [-0.15, -0.1) is 9.24 Å². The maximum atomic E-state index is 10.0. The Bertz CT molecular complexity index is 318. The summed E-state index contributed by atoms with van der Waals surface area (Å²) in [5.41, 5.74) is 2.83. The third-order valence-electron chi connectivity index (χ3n) is 2.78. The molecule has 1 rings (SSSR count). The summed E-state index contributed by atoms with van der Waals surface area (Å²) in [5, 5.41) is 4.00. The second-order valence-corrected chi connectivity index (χ2v) is 4.65. The van der Waals surface area contributed by atoms with Gasteiger partial charge >= 0.3 is 0 Å². The highest BCUT2D eigenvalue weighted by molar-refractivity contribution is 7.27. The van der Waals surface area contributed by atoms with E-state index in [1.54, 1.807) is 0 Å². The third-order valence-corrected chi connectivity index (χ3v) is 3.32. The Labute approximate surface area is 100 Å². The number of nitrogens with one attached hydrogen (secondary N) is 1. The smallest absolute Gasteiger partial charge is 0.207 e. The van der Waals surface area contributed by atoms with Crippen LogP contribution in [0.2, 0.25) is 0 Å². The Morgan fingerprint density at radius 1 is 1.31 bits per heavy atom. The molecule has 0 heterocycles. The van der Waals surface area contributed by atoms with Gasteiger partial charge in [-0.2, -0.15) is 0 Å². The molecule has 1 aromatic rings. The van der Waals surface area contributed by atoms with Gasteiger partial charge in [0.25, 0.3) is 0 Å². The van der Waals surface area contributed by atoms with Gasteiger partial charge in [0.1, 0.15) is 0 Å². The molecule has 16 heavy (non-hydrogen) atoms. The van der Waals surface area contributed by atoms with E-state index in [1.807, 2.05) is 0 Å². The standard InChI is InChI=1S/C13H20NOP/c1-11-6-5-8-13(16)12(11)7-3-2-4-9-14-10-15/h5-6,8,10H,2-4,7,9,16H2,1H3,(H,14,15). The Morgan fingerprint density at radius 3 is 2.81 bits per heavy atom. The van der Waals surface area contributed by atoms with Crippen LogP contribution < -0.4 is 10.6 Å². The second-order valence-electron chi connectivity index (χ2n) is 4.03. The Balaban J connectivity index is 2.29. The lowest BCUT2D eigenvalue weighted by molar-refractivity contribution is -0.109. The topological polar surface area (TPSA) is 29.1 Å². The van der Waals surface area contributed by atoms with Crippen molar-refractivity contribution in [1.29, 1.82) is 0 Å². The van der Waals surface area contributed by atoms with Crippen molar-refractivity contribution in [3.63, 3.8) is 0 Å². The first-order valence-electron chi connectivity index (χ1n) is 5.76. The molecule has 0 aliphatic rings. The minimum atomic E-state index is 0.766. The minimum absolute atomic E-state index is 0.766. The molecule has 0 spiro atoms. The van der Waals surface area contributed by atoms with Crippen LogP contribution in [-0.4, -0.2) is 13.0 Å². The number of aryl methyl sites for hydroxylation is 1. The largest absolute Gasteiger partial charge is 0.359 e. The van der Waals surface area contributed by atoms with E-state index in [1.165, 1.54) is 29.3 Å². The molecule has 0 radical (unpaired) electrons. The number of carbonyl (C=O) groups excluding carboxylic acids is 1. The average molecular weight is 237 g/mol. The predicted octanol–water partition coefficient (Wildman–Crippen LogP) is 1.95. The number of unbranched alkanes of at least 4 members (excludes halogenated alkanes) is 2. The van der Waals surface area contributed by atoms with Crippen LogP contribution >= 0.6 is 9.24 Å². The quantitative estimate of drug-likeness (QED) is 0.438. The van der Waals surface area contributed by atoms with E-state index in [-0.39, 0.29) is 0 Å². The fraction of sp³-hybridized carbons (Fsp3) is 0.462. The van der Waals surface area contributed by atoms with Crippen molar-refractivity contribution >= 4 is 21.0 Å². The highest BCUT2D eigenvalue weighted by Gasteiger charge is 2.01. The molecule has 0 saturated heterocycles. The highest BCUT2D eigenvalue weighted by Crippen LogP contribution is 2.11. The fourth-order valence-electron chi connectivity index (χ4n) is 1.83. The van der Waals surface area contributed by atoms with Crippen LogP contribution in [0.3, 0.4) is 0 Å². The zero-order valence-electron chi connectivity index (χ0n) is 9.83. The van der Waals surface area contributed by atoms with E-state index in [0.717, 1.165) is 25.8 Å². The molecule has 0 aliphatic heterocycles. The molecule has 1 amide bonds. The Hall–Kier alpha value is -0.880. The van der Waals surface area contributed by atoms with Crippen molar-refractivity contribution in [2.24, 2.45) is 0 Å². The van der Waals surface area contributed by atoms with Crippen LogP contribution in [0.5, 0.6) is 0 Å². The lowest BCUT2D eigenvalue weighted by atomic mass is 10.0. The maximum Gasteiger partial charge on any atom is 0.207 e. The van der Waals surface area contributed by atoms with Crippen molar-refractivity contribution in [2.45, 2.75) is 32.6 Å². The summed E-state index contributed by atoms with van der Waals surface area (Å²) in [7, 11) is 2.80. The summed E-state index contributed by atoms with van der Waals surface area (Å²) in [6, 6.07) is 6.40. The van der Waals surface area contributed by atoms with E-state index < -0.39 is 0 Å². The van der Waals surface area contributed by atoms with Gasteiger partial charge in [-0.05, 0) is 42.6 Å². The monoisotopic (exact) mass is 237 g/mol. The van der Waals surface area contributed by atoms with E-state index in [4.69, 9.17) is 0 Å². The van der Waals surface area contributed by atoms with E-state index in [2.05, 4.69) is 39.7 Å². The van der Waals surface area contributed by atoms with Crippen LogP contribution in [0.15, 0.2) is 18.2 Å². The van der Waals surface area contributed by atoms with Crippen LogP contribution in [0.25, 0.3) is 0 Å². The molecule has 0 fully saturated rings. The van der Waals surface area contributed by atoms with E-state index >= 15 is 0 Å². The molecule has 88 valence electrons. The van der Waals surface area contributed by atoms with Crippen LogP contribution in [0.4, 0.5) is 0 Å². The number of benzene rings is 1. The van der Waals surface area contributed by atoms with Gasteiger partial charge in [0.15, 0.2) is 0 Å². The number of carbonyl (C=O) groups is 1. The lowest BCUT2D eigenvalue weighted by Gasteiger charge is -2.09. The van der Waals surface area contributed by atoms with Crippen LogP contribution in [0, 0.1) is 6.92 Å². The van der Waals surface area contributed by atoms with Gasteiger partial charge in [0.2, 0.25) is 6.41 Å². The van der Waals surface area contributed by atoms with Gasteiger partial charge < -0.3 is 5.32 Å². The fourth-order valence-corrected chi connectivity index (χ4v) is 2.31. The second kappa shape index (κ2) is 7.40. The predicted molar refractivity (Wildman–Crippen MR) is 72.1 cm³/mol. The minimum Gasteiger partial charge on any atom is -0.359 e. The number of hydrogen-bond acceptors (Lipinski definition) is 1. The van der Waals surface area contributed by atoms with Gasteiger partial charge in [0, 0.05) is 6.54 Å². The molecule has 2 nitrogen and oxygen atoms in total. The molecule has 1 unspecified atom stereocenters.